The topological polar surface area (TPSA) is 17.1 Å². The van der Waals surface area contributed by atoms with Gasteiger partial charge in [-0.2, -0.15) is 0 Å². The fraction of sp³-hybridized carbons (Fsp3) is 0.182. The third kappa shape index (κ3) is 1.35. The first-order chi connectivity index (χ1) is 6.61. The third-order valence-electron chi connectivity index (χ3n) is 2.19. The van der Waals surface area contributed by atoms with E-state index in [9.17, 15) is 4.79 Å². The Labute approximate surface area is 91.3 Å². The van der Waals surface area contributed by atoms with Crippen LogP contribution in [-0.2, 0) is 0 Å². The fourth-order valence-corrected chi connectivity index (χ4v) is 3.12. The summed E-state index contributed by atoms with van der Waals surface area (Å²) in [4.78, 5) is 11.9. The standard InChI is InChI=1S/C11H9ClOS/c1-6-4-3-5-8-9(6)10(12)11(14-8)7(2)13/h3-5H,1-2H3. The van der Waals surface area contributed by atoms with E-state index >= 15 is 0 Å². The molecule has 0 unspecified atom stereocenters. The Morgan fingerprint density at radius 3 is 2.71 bits per heavy atom. The molecule has 1 aromatic carbocycles. The number of halogens is 1. The molecule has 0 bridgehead atoms. The first kappa shape index (κ1) is 9.69. The van der Waals surface area contributed by atoms with Crippen LogP contribution in [0.25, 0.3) is 10.1 Å². The van der Waals surface area contributed by atoms with E-state index < -0.39 is 0 Å². The Balaban J connectivity index is 2.87. The van der Waals surface area contributed by atoms with Crippen molar-refractivity contribution in [2.75, 3.05) is 0 Å². The van der Waals surface area contributed by atoms with E-state index in [1.165, 1.54) is 11.3 Å². The van der Waals surface area contributed by atoms with Gasteiger partial charge in [-0.05, 0) is 18.6 Å². The maximum absolute atomic E-state index is 11.3. The zero-order valence-electron chi connectivity index (χ0n) is 7.93. The number of carbonyl (C=O) groups is 1. The van der Waals surface area contributed by atoms with Crippen LogP contribution in [0.15, 0.2) is 18.2 Å². The summed E-state index contributed by atoms with van der Waals surface area (Å²) in [5.41, 5.74) is 1.12. The number of fused-ring (bicyclic) bond motifs is 1. The summed E-state index contributed by atoms with van der Waals surface area (Å²) >= 11 is 7.61. The van der Waals surface area contributed by atoms with Crippen molar-refractivity contribution in [3.63, 3.8) is 0 Å². The lowest BCUT2D eigenvalue weighted by Crippen LogP contribution is -1.86. The molecule has 0 aliphatic rings. The normalized spacial score (nSPS) is 10.8. The van der Waals surface area contributed by atoms with Crippen LogP contribution in [0, 0.1) is 6.92 Å². The van der Waals surface area contributed by atoms with Crippen molar-refractivity contribution < 1.29 is 4.79 Å². The number of thiophene rings is 1. The van der Waals surface area contributed by atoms with Crippen LogP contribution in [-0.4, -0.2) is 5.78 Å². The van der Waals surface area contributed by atoms with Gasteiger partial charge in [0.25, 0.3) is 0 Å². The number of ketones is 1. The highest BCUT2D eigenvalue weighted by molar-refractivity contribution is 7.21. The maximum Gasteiger partial charge on any atom is 0.171 e. The van der Waals surface area contributed by atoms with Gasteiger partial charge < -0.3 is 0 Å². The molecule has 0 saturated heterocycles. The summed E-state index contributed by atoms with van der Waals surface area (Å²) in [5.74, 6) is 0.0376. The number of benzene rings is 1. The van der Waals surface area contributed by atoms with Crippen molar-refractivity contribution in [3.05, 3.63) is 33.7 Å². The average molecular weight is 225 g/mol. The van der Waals surface area contributed by atoms with Gasteiger partial charge in [-0.1, -0.05) is 23.7 Å². The smallest absolute Gasteiger partial charge is 0.171 e. The molecule has 0 spiro atoms. The largest absolute Gasteiger partial charge is 0.294 e. The van der Waals surface area contributed by atoms with Gasteiger partial charge in [0.1, 0.15) is 0 Å². The summed E-state index contributed by atoms with van der Waals surface area (Å²) in [6.45, 7) is 3.55. The van der Waals surface area contributed by atoms with E-state index in [2.05, 4.69) is 0 Å². The highest BCUT2D eigenvalue weighted by Crippen LogP contribution is 2.37. The van der Waals surface area contributed by atoms with Crippen molar-refractivity contribution in [3.8, 4) is 0 Å². The van der Waals surface area contributed by atoms with Crippen LogP contribution in [0.1, 0.15) is 22.2 Å². The van der Waals surface area contributed by atoms with Gasteiger partial charge in [-0.3, -0.25) is 4.79 Å². The van der Waals surface area contributed by atoms with Gasteiger partial charge in [0.05, 0.1) is 9.90 Å². The summed E-state index contributed by atoms with van der Waals surface area (Å²) in [5, 5.41) is 1.62. The predicted molar refractivity (Wildman–Crippen MR) is 61.6 cm³/mol. The van der Waals surface area contributed by atoms with E-state index in [1.807, 2.05) is 25.1 Å². The minimum absolute atomic E-state index is 0.0376. The maximum atomic E-state index is 11.3. The molecular formula is C11H9ClOS. The summed E-state index contributed by atoms with van der Waals surface area (Å²) in [7, 11) is 0. The molecule has 1 heterocycles. The lowest BCUT2D eigenvalue weighted by Gasteiger charge is -1.95. The Morgan fingerprint density at radius 1 is 1.43 bits per heavy atom. The van der Waals surface area contributed by atoms with Gasteiger partial charge in [0.2, 0.25) is 0 Å². The molecule has 14 heavy (non-hydrogen) atoms. The zero-order chi connectivity index (χ0) is 10.3. The molecule has 0 amide bonds. The molecule has 0 aliphatic carbocycles. The van der Waals surface area contributed by atoms with Crippen molar-refractivity contribution >= 4 is 38.8 Å². The molecule has 0 aliphatic heterocycles. The van der Waals surface area contributed by atoms with E-state index in [0.29, 0.717) is 9.90 Å². The van der Waals surface area contributed by atoms with Gasteiger partial charge in [0.15, 0.2) is 5.78 Å². The van der Waals surface area contributed by atoms with E-state index in [-0.39, 0.29) is 5.78 Å². The predicted octanol–water partition coefficient (Wildman–Crippen LogP) is 4.07. The first-order valence-corrected chi connectivity index (χ1v) is 5.49. The van der Waals surface area contributed by atoms with Gasteiger partial charge in [-0.25, -0.2) is 0 Å². The SMILES string of the molecule is CC(=O)c1sc2cccc(C)c2c1Cl. The van der Waals surface area contributed by atoms with Crippen molar-refractivity contribution in [1.29, 1.82) is 0 Å². The average Bonchev–Trinajstić information content (AvgIpc) is 2.45. The Bertz CT molecular complexity index is 513. The van der Waals surface area contributed by atoms with Crippen molar-refractivity contribution in [2.24, 2.45) is 0 Å². The van der Waals surface area contributed by atoms with Gasteiger partial charge >= 0.3 is 0 Å². The van der Waals surface area contributed by atoms with Crippen LogP contribution < -0.4 is 0 Å². The minimum atomic E-state index is 0.0376. The second kappa shape index (κ2) is 3.37. The Hall–Kier alpha value is -0.860. The van der Waals surface area contributed by atoms with Crippen LogP contribution in [0.5, 0.6) is 0 Å². The third-order valence-corrected chi connectivity index (χ3v) is 3.93. The molecule has 0 saturated carbocycles. The Kier molecular flexibility index (Phi) is 2.33. The minimum Gasteiger partial charge on any atom is -0.294 e. The molecule has 72 valence electrons. The molecule has 3 heteroatoms. The quantitative estimate of drug-likeness (QED) is 0.668. The van der Waals surface area contributed by atoms with E-state index in [1.54, 1.807) is 6.92 Å². The molecule has 0 fully saturated rings. The highest BCUT2D eigenvalue weighted by atomic mass is 35.5. The first-order valence-electron chi connectivity index (χ1n) is 4.30. The second-order valence-electron chi connectivity index (χ2n) is 3.25. The summed E-state index contributed by atoms with van der Waals surface area (Å²) < 4.78 is 1.08. The second-order valence-corrected chi connectivity index (χ2v) is 4.68. The zero-order valence-corrected chi connectivity index (χ0v) is 9.50. The van der Waals surface area contributed by atoms with Crippen LogP contribution in [0.3, 0.4) is 0 Å². The fourth-order valence-electron chi connectivity index (χ4n) is 1.50. The number of carbonyl (C=O) groups excluding carboxylic acids is 1. The molecule has 0 radical (unpaired) electrons. The van der Waals surface area contributed by atoms with Crippen molar-refractivity contribution in [1.82, 2.24) is 0 Å². The lowest BCUT2D eigenvalue weighted by molar-refractivity contribution is 0.102. The van der Waals surface area contributed by atoms with Gasteiger partial charge in [-0.15, -0.1) is 11.3 Å². The monoisotopic (exact) mass is 224 g/mol. The molecule has 0 N–H and O–H groups in total. The number of aryl methyl sites for hydroxylation is 1. The van der Waals surface area contributed by atoms with Crippen molar-refractivity contribution in [2.45, 2.75) is 13.8 Å². The Morgan fingerprint density at radius 2 is 2.14 bits per heavy atom. The van der Waals surface area contributed by atoms with Crippen LogP contribution in [0.4, 0.5) is 0 Å². The molecule has 2 rings (SSSR count). The molecule has 1 aromatic heterocycles. The lowest BCUT2D eigenvalue weighted by atomic mass is 10.1. The van der Waals surface area contributed by atoms with E-state index in [4.69, 9.17) is 11.6 Å². The highest BCUT2D eigenvalue weighted by Gasteiger charge is 2.14. The number of hydrogen-bond donors (Lipinski definition) is 0. The molecule has 2 aromatic rings. The summed E-state index contributed by atoms with van der Waals surface area (Å²) in [6.07, 6.45) is 0. The number of Topliss-reactive ketones (excluding diaryl/α,β-unsaturated/α-hetero) is 1. The number of hydrogen-bond acceptors (Lipinski definition) is 2. The molecule has 1 nitrogen and oxygen atoms in total. The van der Waals surface area contributed by atoms with E-state index in [0.717, 1.165) is 15.6 Å². The number of rotatable bonds is 1. The molecule has 0 atom stereocenters. The van der Waals surface area contributed by atoms with Gasteiger partial charge in [0, 0.05) is 17.0 Å². The van der Waals surface area contributed by atoms with Crippen LogP contribution >= 0.6 is 22.9 Å². The summed E-state index contributed by atoms with van der Waals surface area (Å²) in [6, 6.07) is 5.98. The molecular weight excluding hydrogens is 216 g/mol. The van der Waals surface area contributed by atoms with Crippen LogP contribution in [0.2, 0.25) is 5.02 Å².